The number of carbonyl (C=O) groups excluding carboxylic acids is 2. The maximum absolute atomic E-state index is 11.8. The van der Waals surface area contributed by atoms with E-state index >= 15 is 0 Å². The quantitative estimate of drug-likeness (QED) is 0.812. The molecule has 0 aliphatic heterocycles. The Labute approximate surface area is 119 Å². The molecule has 0 atom stereocenters. The van der Waals surface area contributed by atoms with E-state index in [0.717, 1.165) is 0 Å². The van der Waals surface area contributed by atoms with Crippen molar-refractivity contribution in [1.82, 2.24) is 15.4 Å². The number of hydrogen-bond acceptors (Lipinski definition) is 7. The van der Waals surface area contributed by atoms with Gasteiger partial charge in [-0.15, -0.1) is 5.10 Å². The number of ether oxygens (including phenoxy) is 2. The van der Waals surface area contributed by atoms with Gasteiger partial charge >= 0.3 is 11.9 Å². The molecule has 0 saturated heterocycles. The number of rotatable bonds is 4. The topological polar surface area (TPSA) is 114 Å². The van der Waals surface area contributed by atoms with Crippen LogP contribution in [0, 0.1) is 0 Å². The molecular weight excluding hydrogens is 278 g/mol. The lowest BCUT2D eigenvalue weighted by molar-refractivity contribution is 0.0519. The van der Waals surface area contributed by atoms with Gasteiger partial charge in [0.1, 0.15) is 17.0 Å². The first-order valence-electron chi connectivity index (χ1n) is 6.08. The van der Waals surface area contributed by atoms with Crippen molar-refractivity contribution < 1.29 is 24.2 Å². The summed E-state index contributed by atoms with van der Waals surface area (Å²) in [5, 5.41) is 19.6. The number of hydrogen-bond donors (Lipinski definition) is 2. The third-order valence-electron chi connectivity index (χ3n) is 2.69. The van der Waals surface area contributed by atoms with Gasteiger partial charge in [0.25, 0.3) is 0 Å². The van der Waals surface area contributed by atoms with Gasteiger partial charge in [0, 0.05) is 5.56 Å². The van der Waals surface area contributed by atoms with E-state index in [1.54, 1.807) is 6.92 Å². The molecule has 0 fully saturated rings. The van der Waals surface area contributed by atoms with Crippen LogP contribution in [-0.4, -0.2) is 46.2 Å². The maximum atomic E-state index is 11.8. The van der Waals surface area contributed by atoms with Crippen molar-refractivity contribution in [1.29, 1.82) is 0 Å². The summed E-state index contributed by atoms with van der Waals surface area (Å²) in [4.78, 5) is 23.3. The minimum Gasteiger partial charge on any atom is -0.507 e. The lowest BCUT2D eigenvalue weighted by atomic mass is 10.1. The van der Waals surface area contributed by atoms with Crippen LogP contribution in [0.1, 0.15) is 27.8 Å². The Bertz CT molecular complexity index is 680. The number of nitrogens with one attached hydrogen (secondary N) is 1. The number of benzene rings is 1. The van der Waals surface area contributed by atoms with Crippen molar-refractivity contribution in [3.05, 3.63) is 29.5 Å². The Morgan fingerprint density at radius 2 is 2.05 bits per heavy atom. The maximum Gasteiger partial charge on any atom is 0.361 e. The van der Waals surface area contributed by atoms with E-state index in [-0.39, 0.29) is 29.3 Å². The average Bonchev–Trinajstić information content (AvgIpc) is 2.96. The average molecular weight is 291 g/mol. The fraction of sp³-hybridized carbons (Fsp3) is 0.231. The molecule has 0 saturated carbocycles. The highest BCUT2D eigenvalue weighted by Crippen LogP contribution is 2.27. The highest BCUT2D eigenvalue weighted by atomic mass is 16.5. The Morgan fingerprint density at radius 3 is 2.71 bits per heavy atom. The first-order chi connectivity index (χ1) is 10.1. The first kappa shape index (κ1) is 14.5. The van der Waals surface area contributed by atoms with Crippen molar-refractivity contribution in [2.75, 3.05) is 13.7 Å². The molecule has 0 radical (unpaired) electrons. The van der Waals surface area contributed by atoms with Gasteiger partial charge in [-0.2, -0.15) is 10.3 Å². The number of methoxy groups -OCH3 is 1. The molecule has 0 bridgehead atoms. The van der Waals surface area contributed by atoms with Crippen LogP contribution in [0.2, 0.25) is 0 Å². The molecule has 1 heterocycles. The zero-order valence-electron chi connectivity index (χ0n) is 11.4. The largest absolute Gasteiger partial charge is 0.507 e. The van der Waals surface area contributed by atoms with Crippen LogP contribution in [0.25, 0.3) is 11.3 Å². The van der Waals surface area contributed by atoms with Crippen molar-refractivity contribution in [3.8, 4) is 17.0 Å². The van der Waals surface area contributed by atoms with Crippen molar-refractivity contribution in [3.63, 3.8) is 0 Å². The van der Waals surface area contributed by atoms with E-state index in [4.69, 9.17) is 4.74 Å². The Hall–Kier alpha value is -2.90. The van der Waals surface area contributed by atoms with Gasteiger partial charge in [0.2, 0.25) is 0 Å². The molecule has 0 aliphatic carbocycles. The van der Waals surface area contributed by atoms with Gasteiger partial charge in [-0.05, 0) is 25.1 Å². The summed E-state index contributed by atoms with van der Waals surface area (Å²) in [6.07, 6.45) is 0. The molecule has 0 unspecified atom stereocenters. The summed E-state index contributed by atoms with van der Waals surface area (Å²) >= 11 is 0. The second-order valence-corrected chi connectivity index (χ2v) is 3.96. The van der Waals surface area contributed by atoms with Crippen LogP contribution in [-0.2, 0) is 9.47 Å². The lowest BCUT2D eigenvalue weighted by Gasteiger charge is -2.05. The second kappa shape index (κ2) is 6.04. The molecule has 0 aliphatic rings. The molecular formula is C13H13N3O5. The van der Waals surface area contributed by atoms with Gasteiger partial charge in [-0.3, -0.25) is 0 Å². The standard InChI is InChI=1S/C13H13N3O5/c1-3-21-13(19)11-10(14-16-15-11)7-4-5-9(17)8(6-7)12(18)20-2/h4-6,17H,3H2,1-2H3,(H,14,15,16). The summed E-state index contributed by atoms with van der Waals surface area (Å²) in [5.74, 6) is -1.56. The molecule has 1 aromatic carbocycles. The van der Waals surface area contributed by atoms with Crippen LogP contribution in [0.5, 0.6) is 5.75 Å². The molecule has 0 spiro atoms. The molecule has 110 valence electrons. The molecule has 2 N–H and O–H groups in total. The lowest BCUT2D eigenvalue weighted by Crippen LogP contribution is -2.07. The number of carbonyl (C=O) groups is 2. The van der Waals surface area contributed by atoms with E-state index in [2.05, 4.69) is 20.1 Å². The van der Waals surface area contributed by atoms with Crippen LogP contribution in [0.4, 0.5) is 0 Å². The predicted molar refractivity (Wildman–Crippen MR) is 70.8 cm³/mol. The van der Waals surface area contributed by atoms with Crippen molar-refractivity contribution >= 4 is 11.9 Å². The number of phenols is 1. The molecule has 1 aromatic heterocycles. The highest BCUT2D eigenvalue weighted by molar-refractivity contribution is 5.97. The van der Waals surface area contributed by atoms with E-state index < -0.39 is 11.9 Å². The van der Waals surface area contributed by atoms with Crippen molar-refractivity contribution in [2.45, 2.75) is 6.92 Å². The number of H-pyrrole nitrogens is 1. The summed E-state index contributed by atoms with van der Waals surface area (Å²) in [7, 11) is 1.20. The SMILES string of the molecule is CCOC(=O)c1n[nH]nc1-c1ccc(O)c(C(=O)OC)c1. The fourth-order valence-corrected chi connectivity index (χ4v) is 1.73. The molecule has 8 nitrogen and oxygen atoms in total. The number of nitrogens with zero attached hydrogens (tertiary/aromatic N) is 2. The number of esters is 2. The van der Waals surface area contributed by atoms with Crippen LogP contribution in [0.3, 0.4) is 0 Å². The zero-order chi connectivity index (χ0) is 15.4. The minimum absolute atomic E-state index is 0.00152. The molecule has 0 amide bonds. The second-order valence-electron chi connectivity index (χ2n) is 3.96. The minimum atomic E-state index is -0.699. The highest BCUT2D eigenvalue weighted by Gasteiger charge is 2.21. The van der Waals surface area contributed by atoms with Crippen LogP contribution >= 0.6 is 0 Å². The van der Waals surface area contributed by atoms with E-state index in [0.29, 0.717) is 5.56 Å². The predicted octanol–water partition coefficient (Wildman–Crippen LogP) is 1.14. The van der Waals surface area contributed by atoms with Gasteiger partial charge in [0.15, 0.2) is 5.69 Å². The molecule has 2 aromatic rings. The molecule has 21 heavy (non-hydrogen) atoms. The van der Waals surface area contributed by atoms with Gasteiger partial charge < -0.3 is 14.6 Å². The molecule has 8 heteroatoms. The Balaban J connectivity index is 2.46. The number of aromatic nitrogens is 3. The number of aromatic hydroxyl groups is 1. The van der Waals surface area contributed by atoms with E-state index in [1.807, 2.05) is 0 Å². The summed E-state index contributed by atoms with van der Waals surface area (Å²) < 4.78 is 9.44. The first-order valence-corrected chi connectivity index (χ1v) is 6.08. The van der Waals surface area contributed by atoms with Gasteiger partial charge in [0.05, 0.1) is 13.7 Å². The Morgan fingerprint density at radius 1 is 1.29 bits per heavy atom. The smallest absolute Gasteiger partial charge is 0.361 e. The third kappa shape index (κ3) is 2.83. The third-order valence-corrected chi connectivity index (χ3v) is 2.69. The molecule has 2 rings (SSSR count). The summed E-state index contributed by atoms with van der Waals surface area (Å²) in [5.41, 5.74) is 0.606. The van der Waals surface area contributed by atoms with E-state index in [1.165, 1.54) is 25.3 Å². The summed E-state index contributed by atoms with van der Waals surface area (Å²) in [6.45, 7) is 1.88. The number of aromatic amines is 1. The normalized spacial score (nSPS) is 10.2. The fourth-order valence-electron chi connectivity index (χ4n) is 1.73. The van der Waals surface area contributed by atoms with Gasteiger partial charge in [-0.1, -0.05) is 0 Å². The van der Waals surface area contributed by atoms with E-state index in [9.17, 15) is 14.7 Å². The summed E-state index contributed by atoms with van der Waals surface area (Å²) in [6, 6.07) is 4.18. The van der Waals surface area contributed by atoms with Gasteiger partial charge in [-0.25, -0.2) is 9.59 Å². The van der Waals surface area contributed by atoms with Crippen molar-refractivity contribution in [2.24, 2.45) is 0 Å². The Kier molecular flexibility index (Phi) is 4.17. The zero-order valence-corrected chi connectivity index (χ0v) is 11.4. The monoisotopic (exact) mass is 291 g/mol. The van der Waals surface area contributed by atoms with Crippen LogP contribution in [0.15, 0.2) is 18.2 Å². The van der Waals surface area contributed by atoms with Crippen LogP contribution < -0.4 is 0 Å². The number of phenolic OH excluding ortho intramolecular Hbond substituents is 1.